The van der Waals surface area contributed by atoms with Crippen LogP contribution in [0.1, 0.15) is 22.6 Å². The van der Waals surface area contributed by atoms with Gasteiger partial charge in [-0.25, -0.2) is 0 Å². The van der Waals surface area contributed by atoms with Crippen LogP contribution in [0.3, 0.4) is 0 Å². The van der Waals surface area contributed by atoms with Gasteiger partial charge in [-0.2, -0.15) is 0 Å². The van der Waals surface area contributed by atoms with Crippen LogP contribution in [0.2, 0.25) is 0 Å². The number of hydrogen-bond acceptors (Lipinski definition) is 2. The Morgan fingerprint density at radius 3 is 2.61 bits per heavy atom. The van der Waals surface area contributed by atoms with Gasteiger partial charge in [0.15, 0.2) is 0 Å². The third-order valence-electron chi connectivity index (χ3n) is 4.11. The van der Waals surface area contributed by atoms with Gasteiger partial charge in [0.2, 0.25) is 0 Å². The van der Waals surface area contributed by atoms with Crippen molar-refractivity contribution in [1.29, 1.82) is 0 Å². The van der Waals surface area contributed by atoms with Crippen LogP contribution in [-0.4, -0.2) is 17.3 Å². The number of hydrogen-bond donors (Lipinski definition) is 1. The predicted octanol–water partition coefficient (Wildman–Crippen LogP) is 2.50. The lowest BCUT2D eigenvalue weighted by Crippen LogP contribution is -2.43. The van der Waals surface area contributed by atoms with Gasteiger partial charge in [-0.15, -0.1) is 0 Å². The molecule has 1 N–H and O–H groups in total. The Morgan fingerprint density at radius 2 is 1.72 bits per heavy atom. The van der Waals surface area contributed by atoms with Crippen molar-refractivity contribution in [1.82, 2.24) is 0 Å². The van der Waals surface area contributed by atoms with E-state index in [4.69, 9.17) is 4.74 Å². The first-order valence-corrected chi connectivity index (χ1v) is 6.30. The van der Waals surface area contributed by atoms with Crippen LogP contribution >= 0.6 is 0 Å². The van der Waals surface area contributed by atoms with E-state index in [1.54, 1.807) is 0 Å². The maximum Gasteiger partial charge on any atom is 0.123 e. The zero-order valence-corrected chi connectivity index (χ0v) is 9.97. The topological polar surface area (TPSA) is 29.5 Å². The molecular weight excluding hydrogens is 224 g/mol. The lowest BCUT2D eigenvalue weighted by molar-refractivity contribution is -0.0217. The van der Waals surface area contributed by atoms with Gasteiger partial charge < -0.3 is 9.84 Å². The molecule has 18 heavy (non-hydrogen) atoms. The van der Waals surface area contributed by atoms with Gasteiger partial charge in [0.1, 0.15) is 18.0 Å². The molecule has 0 bridgehead atoms. The van der Waals surface area contributed by atoms with Gasteiger partial charge in [-0.05, 0) is 17.2 Å². The fraction of sp³-hybridized carbons (Fsp3) is 0.250. The maximum absolute atomic E-state index is 10.9. The second-order valence-corrected chi connectivity index (χ2v) is 5.24. The molecule has 2 aromatic carbocycles. The summed E-state index contributed by atoms with van der Waals surface area (Å²) >= 11 is 0. The van der Waals surface area contributed by atoms with Crippen LogP contribution in [0.15, 0.2) is 48.5 Å². The quantitative estimate of drug-likeness (QED) is 0.764. The molecule has 2 heteroatoms. The Bertz CT molecular complexity index is 620. The molecule has 90 valence electrons. The molecule has 0 amide bonds. The Balaban J connectivity index is 1.97. The smallest absolute Gasteiger partial charge is 0.123 e. The first-order chi connectivity index (χ1) is 8.78. The molecule has 1 heterocycles. The summed E-state index contributed by atoms with van der Waals surface area (Å²) in [7, 11) is 0. The highest BCUT2D eigenvalue weighted by atomic mass is 16.5. The largest absolute Gasteiger partial charge is 0.490 e. The van der Waals surface area contributed by atoms with Gasteiger partial charge in [-0.3, -0.25) is 0 Å². The lowest BCUT2D eigenvalue weighted by Gasteiger charge is -2.36. The third kappa shape index (κ3) is 1.21. The van der Waals surface area contributed by atoms with E-state index < -0.39 is 5.60 Å². The van der Waals surface area contributed by atoms with E-state index in [1.807, 2.05) is 30.3 Å². The third-order valence-corrected chi connectivity index (χ3v) is 4.11. The summed E-state index contributed by atoms with van der Waals surface area (Å²) in [5.41, 5.74) is 2.81. The molecule has 2 nitrogen and oxygen atoms in total. The standard InChI is InChI=1S/C16H14O2/c17-16-9-11-5-1-2-6-12(11)15(16)13-7-3-4-8-14(13)18-10-16/h1-8,15,17H,9-10H2/t15-,16-/m1/s1. The van der Waals surface area contributed by atoms with E-state index >= 15 is 0 Å². The molecule has 1 aliphatic carbocycles. The second kappa shape index (κ2) is 3.36. The minimum atomic E-state index is -0.780. The summed E-state index contributed by atoms with van der Waals surface area (Å²) in [4.78, 5) is 0. The molecule has 1 aliphatic heterocycles. The highest BCUT2D eigenvalue weighted by molar-refractivity contribution is 5.52. The van der Waals surface area contributed by atoms with Crippen molar-refractivity contribution in [3.63, 3.8) is 0 Å². The zero-order valence-electron chi connectivity index (χ0n) is 9.97. The van der Waals surface area contributed by atoms with Gasteiger partial charge in [0, 0.05) is 17.9 Å². The monoisotopic (exact) mass is 238 g/mol. The summed E-state index contributed by atoms with van der Waals surface area (Å²) in [5, 5.41) is 10.9. The molecule has 2 aromatic rings. The van der Waals surface area contributed by atoms with Crippen molar-refractivity contribution < 1.29 is 9.84 Å². The first-order valence-electron chi connectivity index (χ1n) is 6.30. The summed E-state index contributed by atoms with van der Waals surface area (Å²) in [5.74, 6) is 0.961. The molecule has 4 rings (SSSR count). The molecule has 0 radical (unpaired) electrons. The lowest BCUT2D eigenvalue weighted by atomic mass is 9.81. The summed E-state index contributed by atoms with van der Waals surface area (Å²) in [6.07, 6.45) is 0.683. The summed E-state index contributed by atoms with van der Waals surface area (Å²) in [6.45, 7) is 0.378. The summed E-state index contributed by atoms with van der Waals surface area (Å²) in [6, 6.07) is 16.3. The van der Waals surface area contributed by atoms with E-state index in [-0.39, 0.29) is 5.92 Å². The molecule has 2 atom stereocenters. The van der Waals surface area contributed by atoms with E-state index in [0.29, 0.717) is 13.0 Å². The normalized spacial score (nSPS) is 27.9. The van der Waals surface area contributed by atoms with E-state index in [2.05, 4.69) is 18.2 Å². The second-order valence-electron chi connectivity index (χ2n) is 5.24. The van der Waals surface area contributed by atoms with Gasteiger partial charge in [0.05, 0.1) is 0 Å². The highest BCUT2D eigenvalue weighted by Gasteiger charge is 2.49. The van der Waals surface area contributed by atoms with Crippen molar-refractivity contribution in [3.8, 4) is 5.75 Å². The number of para-hydroxylation sites is 1. The van der Waals surface area contributed by atoms with Crippen LogP contribution in [0.4, 0.5) is 0 Å². The van der Waals surface area contributed by atoms with E-state index in [9.17, 15) is 5.11 Å². The fourth-order valence-corrected chi connectivity index (χ4v) is 3.34. The molecule has 2 aliphatic rings. The van der Waals surface area contributed by atoms with Crippen LogP contribution in [0.25, 0.3) is 0 Å². The Kier molecular flexibility index (Phi) is 1.90. The average Bonchev–Trinajstić information content (AvgIpc) is 2.71. The van der Waals surface area contributed by atoms with Crippen molar-refractivity contribution in [2.45, 2.75) is 17.9 Å². The van der Waals surface area contributed by atoms with Crippen LogP contribution < -0.4 is 4.74 Å². The van der Waals surface area contributed by atoms with Crippen LogP contribution in [0.5, 0.6) is 5.75 Å². The minimum absolute atomic E-state index is 0.0543. The van der Waals surface area contributed by atoms with E-state index in [1.165, 1.54) is 11.1 Å². The highest BCUT2D eigenvalue weighted by Crippen LogP contribution is 2.50. The van der Waals surface area contributed by atoms with Gasteiger partial charge in [0.25, 0.3) is 0 Å². The van der Waals surface area contributed by atoms with Crippen molar-refractivity contribution in [3.05, 3.63) is 65.2 Å². The predicted molar refractivity (Wildman–Crippen MR) is 68.9 cm³/mol. The molecule has 0 saturated heterocycles. The van der Waals surface area contributed by atoms with Crippen molar-refractivity contribution in [2.24, 2.45) is 0 Å². The van der Waals surface area contributed by atoms with Crippen LogP contribution in [0, 0.1) is 0 Å². The molecule has 0 fully saturated rings. The SMILES string of the molecule is O[C@]12COc3ccccc3[C@H]1c1ccccc1C2. The first kappa shape index (κ1) is 10.2. The average molecular weight is 238 g/mol. The molecule has 0 aromatic heterocycles. The van der Waals surface area contributed by atoms with Gasteiger partial charge in [-0.1, -0.05) is 42.5 Å². The number of benzene rings is 2. The van der Waals surface area contributed by atoms with Crippen molar-refractivity contribution in [2.75, 3.05) is 6.61 Å². The summed E-state index contributed by atoms with van der Waals surface area (Å²) < 4.78 is 5.72. The Hall–Kier alpha value is -1.80. The molecular formula is C16H14O2. The zero-order chi connectivity index (χ0) is 12.2. The minimum Gasteiger partial charge on any atom is -0.490 e. The Labute approximate surface area is 106 Å². The molecule has 0 spiro atoms. The van der Waals surface area contributed by atoms with Crippen molar-refractivity contribution >= 4 is 0 Å². The Morgan fingerprint density at radius 1 is 1.00 bits per heavy atom. The van der Waals surface area contributed by atoms with Crippen LogP contribution in [-0.2, 0) is 6.42 Å². The number of fused-ring (bicyclic) bond motifs is 5. The number of aliphatic hydroxyl groups is 1. The van der Waals surface area contributed by atoms with Gasteiger partial charge >= 0.3 is 0 Å². The number of rotatable bonds is 0. The number of ether oxygens (including phenoxy) is 1. The molecule has 0 unspecified atom stereocenters. The fourth-order valence-electron chi connectivity index (χ4n) is 3.34. The molecule has 0 saturated carbocycles. The van der Waals surface area contributed by atoms with E-state index in [0.717, 1.165) is 11.3 Å². The maximum atomic E-state index is 10.9.